The molecular weight excluding hydrogens is 196 g/mol. The number of ether oxygens (including phenoxy) is 1. The molecule has 1 saturated heterocycles. The summed E-state index contributed by atoms with van der Waals surface area (Å²) in [5.74, 6) is 0.770. The van der Waals surface area contributed by atoms with Crippen molar-refractivity contribution in [2.24, 2.45) is 5.92 Å². The van der Waals surface area contributed by atoms with Gasteiger partial charge in [-0.05, 0) is 59.3 Å². The highest BCUT2D eigenvalue weighted by atomic mass is 16.6. The van der Waals surface area contributed by atoms with Gasteiger partial charge in [0.15, 0.2) is 0 Å². The normalized spacial score (nSPS) is 37.9. The van der Waals surface area contributed by atoms with E-state index in [-0.39, 0.29) is 5.60 Å². The van der Waals surface area contributed by atoms with Crippen LogP contribution in [-0.2, 0) is 4.74 Å². The molecule has 2 rings (SSSR count). The molecule has 1 aliphatic carbocycles. The zero-order chi connectivity index (χ0) is 11.8. The van der Waals surface area contributed by atoms with Crippen molar-refractivity contribution in [1.29, 1.82) is 0 Å². The lowest BCUT2D eigenvalue weighted by Gasteiger charge is -2.23. The smallest absolute Gasteiger partial charge is 0.0920 e. The summed E-state index contributed by atoms with van der Waals surface area (Å²) in [6.45, 7) is 8.87. The number of fused-ring (bicyclic) bond motifs is 1. The van der Waals surface area contributed by atoms with E-state index in [4.69, 9.17) is 4.74 Å². The molecule has 1 saturated carbocycles. The van der Waals surface area contributed by atoms with E-state index in [2.05, 4.69) is 39.8 Å². The molecule has 0 aromatic heterocycles. The van der Waals surface area contributed by atoms with Crippen LogP contribution in [-0.4, -0.2) is 11.7 Å². The fourth-order valence-electron chi connectivity index (χ4n) is 2.71. The third-order valence-electron chi connectivity index (χ3n) is 4.13. The van der Waals surface area contributed by atoms with Crippen LogP contribution in [0.25, 0.3) is 0 Å². The van der Waals surface area contributed by atoms with E-state index in [0.717, 1.165) is 12.3 Å². The number of epoxide rings is 1. The van der Waals surface area contributed by atoms with Crippen LogP contribution in [0.3, 0.4) is 0 Å². The summed E-state index contributed by atoms with van der Waals surface area (Å²) in [6.07, 6.45) is 10.1. The monoisotopic (exact) mass is 220 g/mol. The summed E-state index contributed by atoms with van der Waals surface area (Å²) in [5, 5.41) is 0. The van der Waals surface area contributed by atoms with Crippen molar-refractivity contribution in [3.8, 4) is 0 Å². The second kappa shape index (κ2) is 4.37. The van der Waals surface area contributed by atoms with Crippen LogP contribution in [0.4, 0.5) is 0 Å². The van der Waals surface area contributed by atoms with Crippen molar-refractivity contribution in [2.75, 3.05) is 0 Å². The van der Waals surface area contributed by atoms with Crippen LogP contribution >= 0.6 is 0 Å². The molecule has 0 amide bonds. The van der Waals surface area contributed by atoms with Crippen molar-refractivity contribution >= 4 is 0 Å². The van der Waals surface area contributed by atoms with E-state index in [1.165, 1.54) is 24.8 Å². The van der Waals surface area contributed by atoms with Gasteiger partial charge in [-0.25, -0.2) is 0 Å². The van der Waals surface area contributed by atoms with Crippen LogP contribution in [0.1, 0.15) is 53.4 Å². The zero-order valence-corrected chi connectivity index (χ0v) is 11.0. The van der Waals surface area contributed by atoms with Gasteiger partial charge in [-0.2, -0.15) is 0 Å². The van der Waals surface area contributed by atoms with Gasteiger partial charge in [0.2, 0.25) is 0 Å². The highest BCUT2D eigenvalue weighted by molar-refractivity contribution is 5.14. The van der Waals surface area contributed by atoms with E-state index >= 15 is 0 Å². The molecule has 1 aliphatic heterocycles. The van der Waals surface area contributed by atoms with E-state index in [1.54, 1.807) is 5.57 Å². The van der Waals surface area contributed by atoms with Gasteiger partial charge in [-0.15, -0.1) is 0 Å². The minimum atomic E-state index is 0.261. The molecule has 1 nitrogen and oxygen atoms in total. The minimum Gasteiger partial charge on any atom is -0.366 e. The van der Waals surface area contributed by atoms with Gasteiger partial charge >= 0.3 is 0 Å². The average Bonchev–Trinajstić information content (AvgIpc) is 2.87. The molecule has 0 N–H and O–H groups in total. The van der Waals surface area contributed by atoms with Gasteiger partial charge in [-0.3, -0.25) is 0 Å². The fraction of sp³-hybridized carbons (Fsp3) is 0.733. The topological polar surface area (TPSA) is 12.5 Å². The lowest BCUT2D eigenvalue weighted by molar-refractivity contribution is 0.303. The lowest BCUT2D eigenvalue weighted by Crippen LogP contribution is -2.21. The Morgan fingerprint density at radius 2 is 2.06 bits per heavy atom. The summed E-state index contributed by atoms with van der Waals surface area (Å²) < 4.78 is 5.75. The second-order valence-corrected chi connectivity index (χ2v) is 5.86. The molecule has 0 radical (unpaired) electrons. The van der Waals surface area contributed by atoms with Crippen LogP contribution in [0.5, 0.6) is 0 Å². The largest absolute Gasteiger partial charge is 0.366 e. The van der Waals surface area contributed by atoms with Gasteiger partial charge in [0.25, 0.3) is 0 Å². The van der Waals surface area contributed by atoms with Crippen molar-refractivity contribution in [1.82, 2.24) is 0 Å². The Hall–Kier alpha value is -0.560. The highest BCUT2D eigenvalue weighted by Gasteiger charge is 2.55. The molecule has 90 valence electrons. The molecule has 0 aromatic carbocycles. The Labute approximate surface area is 99.6 Å². The van der Waals surface area contributed by atoms with Gasteiger partial charge in [0, 0.05) is 0 Å². The Morgan fingerprint density at radius 1 is 1.31 bits per heavy atom. The third kappa shape index (κ3) is 2.57. The molecule has 2 fully saturated rings. The molecule has 0 bridgehead atoms. The van der Waals surface area contributed by atoms with Crippen molar-refractivity contribution in [3.05, 3.63) is 23.3 Å². The quantitative estimate of drug-likeness (QED) is 0.512. The number of allylic oxidation sites excluding steroid dienone is 4. The molecule has 1 unspecified atom stereocenters. The summed E-state index contributed by atoms with van der Waals surface area (Å²) in [7, 11) is 0. The first-order chi connectivity index (χ1) is 7.51. The molecule has 1 heterocycles. The van der Waals surface area contributed by atoms with Crippen molar-refractivity contribution in [3.63, 3.8) is 0 Å². The summed E-state index contributed by atoms with van der Waals surface area (Å²) in [6, 6.07) is 0. The van der Waals surface area contributed by atoms with E-state index in [9.17, 15) is 0 Å². The molecular formula is C15H24O. The Balaban J connectivity index is 1.86. The SMILES string of the molecule is CC(C)=CC/C=C(/C)[C@@H]1CCC2(C)O[C@H]2C1. The summed E-state index contributed by atoms with van der Waals surface area (Å²) in [5.41, 5.74) is 3.23. The third-order valence-corrected chi connectivity index (χ3v) is 4.13. The van der Waals surface area contributed by atoms with E-state index in [1.807, 2.05) is 0 Å². The van der Waals surface area contributed by atoms with Crippen molar-refractivity contribution < 1.29 is 4.74 Å². The second-order valence-electron chi connectivity index (χ2n) is 5.86. The van der Waals surface area contributed by atoms with Crippen LogP contribution in [0.15, 0.2) is 23.3 Å². The molecule has 0 aromatic rings. The minimum absolute atomic E-state index is 0.261. The number of hydrogen-bond acceptors (Lipinski definition) is 1. The van der Waals surface area contributed by atoms with Crippen LogP contribution < -0.4 is 0 Å². The van der Waals surface area contributed by atoms with E-state index < -0.39 is 0 Å². The first-order valence-corrected chi connectivity index (χ1v) is 6.49. The average molecular weight is 220 g/mol. The maximum absolute atomic E-state index is 5.75. The predicted octanol–water partition coefficient (Wildman–Crippen LogP) is 4.25. The van der Waals surface area contributed by atoms with Gasteiger partial charge in [0.1, 0.15) is 0 Å². The summed E-state index contributed by atoms with van der Waals surface area (Å²) in [4.78, 5) is 0. The molecule has 1 heteroatoms. The number of hydrogen-bond donors (Lipinski definition) is 0. The zero-order valence-electron chi connectivity index (χ0n) is 11.0. The highest BCUT2D eigenvalue weighted by Crippen LogP contribution is 2.50. The van der Waals surface area contributed by atoms with Crippen LogP contribution in [0, 0.1) is 5.92 Å². The Bertz CT molecular complexity index is 322. The Kier molecular flexibility index (Phi) is 3.25. The Morgan fingerprint density at radius 3 is 2.69 bits per heavy atom. The standard InChI is InChI=1S/C15H24O/c1-11(2)6-5-7-12(3)13-8-9-15(4)14(10-13)16-15/h6-7,13-14H,5,8-10H2,1-4H3/b12-7-/t13-,14+,15?/m1/s1. The first-order valence-electron chi connectivity index (χ1n) is 6.49. The number of rotatable bonds is 3. The predicted molar refractivity (Wildman–Crippen MR) is 68.4 cm³/mol. The van der Waals surface area contributed by atoms with Gasteiger partial charge in [0.05, 0.1) is 11.7 Å². The maximum Gasteiger partial charge on any atom is 0.0920 e. The lowest BCUT2D eigenvalue weighted by atomic mass is 9.79. The maximum atomic E-state index is 5.75. The molecule has 16 heavy (non-hydrogen) atoms. The van der Waals surface area contributed by atoms with Gasteiger partial charge in [-0.1, -0.05) is 23.3 Å². The van der Waals surface area contributed by atoms with Gasteiger partial charge < -0.3 is 4.74 Å². The van der Waals surface area contributed by atoms with Crippen molar-refractivity contribution in [2.45, 2.75) is 65.1 Å². The molecule has 0 spiro atoms. The van der Waals surface area contributed by atoms with E-state index in [0.29, 0.717) is 6.10 Å². The fourth-order valence-corrected chi connectivity index (χ4v) is 2.71. The molecule has 2 aliphatic rings. The summed E-state index contributed by atoms with van der Waals surface area (Å²) >= 11 is 0. The molecule has 3 atom stereocenters. The first kappa shape index (κ1) is 11.9. The van der Waals surface area contributed by atoms with Crippen LogP contribution in [0.2, 0.25) is 0 Å².